The van der Waals surface area contributed by atoms with Crippen LogP contribution < -0.4 is 9.62 Å². The van der Waals surface area contributed by atoms with E-state index in [9.17, 15) is 18.0 Å². The van der Waals surface area contributed by atoms with E-state index < -0.39 is 34.1 Å². The van der Waals surface area contributed by atoms with Crippen LogP contribution in [0.4, 0.5) is 5.69 Å². The molecular formula is C26H35Cl2N3O4S. The van der Waals surface area contributed by atoms with Gasteiger partial charge >= 0.3 is 0 Å². The van der Waals surface area contributed by atoms with E-state index >= 15 is 0 Å². The first-order valence-corrected chi connectivity index (χ1v) is 14.2. The van der Waals surface area contributed by atoms with Gasteiger partial charge < -0.3 is 10.2 Å². The Labute approximate surface area is 224 Å². The maximum absolute atomic E-state index is 13.7. The van der Waals surface area contributed by atoms with Crippen molar-refractivity contribution in [2.45, 2.75) is 66.1 Å². The molecule has 2 rings (SSSR count). The summed E-state index contributed by atoms with van der Waals surface area (Å²) < 4.78 is 26.5. The van der Waals surface area contributed by atoms with E-state index in [4.69, 9.17) is 23.2 Å². The fraction of sp³-hybridized carbons (Fsp3) is 0.462. The molecule has 2 aromatic carbocycles. The smallest absolute Gasteiger partial charge is 0.244 e. The number of hydrogen-bond donors (Lipinski definition) is 1. The molecule has 10 heteroatoms. The summed E-state index contributed by atoms with van der Waals surface area (Å²) in [4.78, 5) is 28.3. The highest BCUT2D eigenvalue weighted by Crippen LogP contribution is 2.25. The van der Waals surface area contributed by atoms with Crippen molar-refractivity contribution in [3.63, 3.8) is 0 Å². The Morgan fingerprint density at radius 2 is 1.64 bits per heavy atom. The third kappa shape index (κ3) is 8.11. The quantitative estimate of drug-likeness (QED) is 0.466. The lowest BCUT2D eigenvalue weighted by atomic mass is 10.1. The van der Waals surface area contributed by atoms with Crippen molar-refractivity contribution in [1.29, 1.82) is 0 Å². The van der Waals surface area contributed by atoms with Crippen molar-refractivity contribution in [3.8, 4) is 0 Å². The number of carbonyl (C=O) groups is 2. The van der Waals surface area contributed by atoms with Crippen LogP contribution >= 0.6 is 23.2 Å². The number of nitrogens with one attached hydrogen (secondary N) is 1. The molecule has 0 saturated heterocycles. The number of benzene rings is 2. The second-order valence-electron chi connectivity index (χ2n) is 9.97. The summed E-state index contributed by atoms with van der Waals surface area (Å²) in [5, 5.41) is 3.62. The van der Waals surface area contributed by atoms with Gasteiger partial charge in [-0.25, -0.2) is 8.42 Å². The molecule has 0 spiro atoms. The summed E-state index contributed by atoms with van der Waals surface area (Å²) in [7, 11) is -3.80. The van der Waals surface area contributed by atoms with Crippen LogP contribution in [-0.4, -0.2) is 49.5 Å². The monoisotopic (exact) mass is 555 g/mol. The van der Waals surface area contributed by atoms with E-state index in [1.54, 1.807) is 37.3 Å². The van der Waals surface area contributed by atoms with E-state index in [1.807, 2.05) is 40.7 Å². The molecule has 1 atom stereocenters. The maximum Gasteiger partial charge on any atom is 0.244 e. The van der Waals surface area contributed by atoms with Gasteiger partial charge in [0.25, 0.3) is 0 Å². The predicted molar refractivity (Wildman–Crippen MR) is 147 cm³/mol. The Hall–Kier alpha value is -2.29. The molecule has 0 aliphatic heterocycles. The van der Waals surface area contributed by atoms with Gasteiger partial charge in [0.1, 0.15) is 12.6 Å². The van der Waals surface area contributed by atoms with Crippen molar-refractivity contribution in [2.75, 3.05) is 17.1 Å². The normalized spacial score (nSPS) is 12.7. The third-order valence-corrected chi connectivity index (χ3v) is 7.56. The van der Waals surface area contributed by atoms with Gasteiger partial charge in [-0.3, -0.25) is 13.9 Å². The minimum atomic E-state index is -3.80. The van der Waals surface area contributed by atoms with Crippen LogP contribution in [0.15, 0.2) is 36.4 Å². The van der Waals surface area contributed by atoms with Crippen LogP contribution in [0.2, 0.25) is 10.0 Å². The molecule has 1 N–H and O–H groups in total. The molecule has 0 aliphatic carbocycles. The number of nitrogens with zero attached hydrogens (tertiary/aromatic N) is 2. The van der Waals surface area contributed by atoms with Gasteiger partial charge in [-0.15, -0.1) is 0 Å². The molecule has 2 aromatic rings. The fourth-order valence-corrected chi connectivity index (χ4v) is 4.86. The topological polar surface area (TPSA) is 86.8 Å². The zero-order valence-corrected chi connectivity index (χ0v) is 24.2. The zero-order valence-electron chi connectivity index (χ0n) is 21.9. The Bertz CT molecular complexity index is 1230. The maximum atomic E-state index is 13.7. The van der Waals surface area contributed by atoms with Crippen LogP contribution in [0.3, 0.4) is 0 Å². The van der Waals surface area contributed by atoms with Crippen LogP contribution in [0.5, 0.6) is 0 Å². The number of aryl methyl sites for hydroxylation is 2. The molecule has 0 aliphatic rings. The Balaban J connectivity index is 2.50. The highest BCUT2D eigenvalue weighted by atomic mass is 35.5. The summed E-state index contributed by atoms with van der Waals surface area (Å²) in [5.41, 5.74) is 2.44. The molecule has 0 unspecified atom stereocenters. The average Bonchev–Trinajstić information content (AvgIpc) is 2.74. The van der Waals surface area contributed by atoms with E-state index in [0.717, 1.165) is 21.7 Å². The highest BCUT2D eigenvalue weighted by Gasteiger charge is 2.33. The molecule has 198 valence electrons. The van der Waals surface area contributed by atoms with Crippen LogP contribution in [0.25, 0.3) is 0 Å². The molecule has 0 aromatic heterocycles. The third-order valence-electron chi connectivity index (χ3n) is 5.68. The van der Waals surface area contributed by atoms with Crippen LogP contribution in [0.1, 0.15) is 50.8 Å². The van der Waals surface area contributed by atoms with Gasteiger partial charge in [0, 0.05) is 12.1 Å². The molecule has 2 amide bonds. The molecule has 0 bridgehead atoms. The highest BCUT2D eigenvalue weighted by molar-refractivity contribution is 7.92. The van der Waals surface area contributed by atoms with E-state index in [2.05, 4.69) is 5.32 Å². The first-order valence-electron chi connectivity index (χ1n) is 11.6. The van der Waals surface area contributed by atoms with Crippen molar-refractivity contribution >= 4 is 50.7 Å². The Morgan fingerprint density at radius 3 is 2.14 bits per heavy atom. The van der Waals surface area contributed by atoms with E-state index in [-0.39, 0.29) is 12.5 Å². The summed E-state index contributed by atoms with van der Waals surface area (Å²) in [6.45, 7) is 10.8. The van der Waals surface area contributed by atoms with Gasteiger partial charge in [-0.2, -0.15) is 0 Å². The SMILES string of the molecule is CC[C@H](C(=O)NC(C)(C)C)N(Cc1ccc(Cl)c(Cl)c1)C(=O)CN(c1ccc(C)c(C)c1)S(C)(=O)=O. The summed E-state index contributed by atoms with van der Waals surface area (Å²) in [6, 6.07) is 9.37. The molecule has 0 heterocycles. The van der Waals surface area contributed by atoms with Crippen LogP contribution in [-0.2, 0) is 26.2 Å². The first kappa shape index (κ1) is 29.9. The minimum absolute atomic E-state index is 0.0519. The number of amides is 2. The van der Waals surface area contributed by atoms with Crippen molar-refractivity contribution in [1.82, 2.24) is 10.2 Å². The standard InChI is InChI=1S/C26H35Cl2N3O4S/c1-8-23(25(33)29-26(4,5)6)30(15-19-10-12-21(27)22(28)14-19)24(32)16-31(36(7,34)35)20-11-9-17(2)18(3)13-20/h9-14,23H,8,15-16H2,1-7H3,(H,29,33)/t23-/m1/s1. The fourth-order valence-electron chi connectivity index (χ4n) is 3.70. The summed E-state index contributed by atoms with van der Waals surface area (Å²) in [5.74, 6) is -0.837. The number of sulfonamides is 1. The van der Waals surface area contributed by atoms with E-state index in [0.29, 0.717) is 27.7 Å². The largest absolute Gasteiger partial charge is 0.350 e. The average molecular weight is 557 g/mol. The first-order chi connectivity index (χ1) is 16.5. The number of carbonyl (C=O) groups excluding carboxylic acids is 2. The number of anilines is 1. The number of rotatable bonds is 9. The lowest BCUT2D eigenvalue weighted by Gasteiger charge is -2.34. The predicted octanol–water partition coefficient (Wildman–Crippen LogP) is 5.10. The zero-order chi connectivity index (χ0) is 27.4. The lowest BCUT2D eigenvalue weighted by Crippen LogP contribution is -2.55. The lowest BCUT2D eigenvalue weighted by molar-refractivity contribution is -0.141. The molecule has 7 nitrogen and oxygen atoms in total. The van der Waals surface area contributed by atoms with Gasteiger partial charge in [0.05, 0.1) is 22.0 Å². The van der Waals surface area contributed by atoms with E-state index in [1.165, 1.54) is 4.90 Å². The second-order valence-corrected chi connectivity index (χ2v) is 12.7. The molecule has 0 saturated carbocycles. The molecule has 36 heavy (non-hydrogen) atoms. The molecule has 0 radical (unpaired) electrons. The van der Waals surface area contributed by atoms with Crippen molar-refractivity contribution < 1.29 is 18.0 Å². The minimum Gasteiger partial charge on any atom is -0.350 e. The van der Waals surface area contributed by atoms with Gasteiger partial charge in [0.2, 0.25) is 21.8 Å². The molecular weight excluding hydrogens is 521 g/mol. The number of halogens is 2. The van der Waals surface area contributed by atoms with Gasteiger partial charge in [0.15, 0.2) is 0 Å². The second kappa shape index (κ2) is 11.8. The van der Waals surface area contributed by atoms with Crippen molar-refractivity contribution in [2.24, 2.45) is 0 Å². The van der Waals surface area contributed by atoms with Crippen molar-refractivity contribution in [3.05, 3.63) is 63.1 Å². The molecule has 0 fully saturated rings. The summed E-state index contributed by atoms with van der Waals surface area (Å²) >= 11 is 12.2. The van der Waals surface area contributed by atoms with Gasteiger partial charge in [-0.05, 0) is 82.0 Å². The van der Waals surface area contributed by atoms with Crippen LogP contribution in [0, 0.1) is 13.8 Å². The number of hydrogen-bond acceptors (Lipinski definition) is 4. The Kier molecular flexibility index (Phi) is 9.84. The summed E-state index contributed by atoms with van der Waals surface area (Å²) in [6.07, 6.45) is 1.39. The Morgan fingerprint density at radius 1 is 1.00 bits per heavy atom. The van der Waals surface area contributed by atoms with Gasteiger partial charge in [-0.1, -0.05) is 42.3 Å².